The van der Waals surface area contributed by atoms with Crippen molar-refractivity contribution < 1.29 is 8.78 Å². The van der Waals surface area contributed by atoms with Crippen molar-refractivity contribution in [1.29, 1.82) is 0 Å². The third-order valence-corrected chi connectivity index (χ3v) is 2.48. The molecule has 0 bridgehead atoms. The Morgan fingerprint density at radius 3 is 2.31 bits per heavy atom. The Bertz CT molecular complexity index is 137. The van der Waals surface area contributed by atoms with E-state index in [-0.39, 0.29) is 6.54 Å². The summed E-state index contributed by atoms with van der Waals surface area (Å²) in [5.74, 6) is -2.90. The SMILES string of the molecule is CC.CCN1CCC(C)C(F)(F)C1. The Balaban J connectivity index is 0.000000671. The van der Waals surface area contributed by atoms with Crippen molar-refractivity contribution in [1.82, 2.24) is 4.90 Å². The predicted octanol–water partition coefficient (Wildman–Crippen LogP) is 3.01. The molecule has 0 aromatic heterocycles. The van der Waals surface area contributed by atoms with Gasteiger partial charge in [-0.2, -0.15) is 0 Å². The molecule has 0 radical (unpaired) electrons. The molecule has 1 saturated heterocycles. The molecule has 0 N–H and O–H groups in total. The third kappa shape index (κ3) is 3.59. The monoisotopic (exact) mass is 193 g/mol. The maximum atomic E-state index is 13.0. The number of hydrogen-bond acceptors (Lipinski definition) is 1. The van der Waals surface area contributed by atoms with E-state index in [4.69, 9.17) is 0 Å². The molecule has 1 aliphatic rings. The smallest absolute Gasteiger partial charge is 0.263 e. The lowest BCUT2D eigenvalue weighted by atomic mass is 9.95. The van der Waals surface area contributed by atoms with Crippen molar-refractivity contribution >= 4 is 0 Å². The summed E-state index contributed by atoms with van der Waals surface area (Å²) in [5, 5.41) is 0. The van der Waals surface area contributed by atoms with Gasteiger partial charge in [0.25, 0.3) is 5.92 Å². The van der Waals surface area contributed by atoms with Crippen molar-refractivity contribution in [2.75, 3.05) is 19.6 Å². The summed E-state index contributed by atoms with van der Waals surface area (Å²) in [5.41, 5.74) is 0. The standard InChI is InChI=1S/C8H15F2N.C2H6/c1-3-11-5-4-7(2)8(9,10)6-11;1-2/h7H,3-6H2,1-2H3;1-2H3. The first kappa shape index (κ1) is 12.8. The lowest BCUT2D eigenvalue weighted by Crippen LogP contribution is -2.47. The maximum Gasteiger partial charge on any atom is 0.263 e. The molecular formula is C10H21F2N. The van der Waals surface area contributed by atoms with E-state index in [1.807, 2.05) is 20.8 Å². The minimum absolute atomic E-state index is 0.0509. The molecule has 1 rings (SSSR count). The zero-order chi connectivity index (χ0) is 10.5. The maximum absolute atomic E-state index is 13.0. The highest BCUT2D eigenvalue weighted by atomic mass is 19.3. The zero-order valence-electron chi connectivity index (χ0n) is 9.11. The van der Waals surface area contributed by atoms with Crippen molar-refractivity contribution in [3.8, 4) is 0 Å². The molecule has 1 heterocycles. The van der Waals surface area contributed by atoms with E-state index in [2.05, 4.69) is 0 Å². The second kappa shape index (κ2) is 5.53. The molecule has 0 aromatic rings. The summed E-state index contributed by atoms with van der Waals surface area (Å²) < 4.78 is 26.0. The van der Waals surface area contributed by atoms with Crippen LogP contribution in [-0.2, 0) is 0 Å². The molecule has 3 heteroatoms. The van der Waals surface area contributed by atoms with Crippen LogP contribution in [0.25, 0.3) is 0 Å². The van der Waals surface area contributed by atoms with E-state index in [0.29, 0.717) is 6.42 Å². The molecule has 80 valence electrons. The largest absolute Gasteiger partial charge is 0.298 e. The van der Waals surface area contributed by atoms with E-state index in [9.17, 15) is 8.78 Å². The average molecular weight is 193 g/mol. The van der Waals surface area contributed by atoms with Crippen LogP contribution in [0.2, 0.25) is 0 Å². The van der Waals surface area contributed by atoms with Gasteiger partial charge in [0.15, 0.2) is 0 Å². The Morgan fingerprint density at radius 1 is 1.38 bits per heavy atom. The highest BCUT2D eigenvalue weighted by Gasteiger charge is 2.40. The van der Waals surface area contributed by atoms with Crippen LogP contribution in [0.4, 0.5) is 8.78 Å². The normalized spacial score (nSPS) is 27.7. The van der Waals surface area contributed by atoms with Gasteiger partial charge in [-0.1, -0.05) is 27.7 Å². The van der Waals surface area contributed by atoms with Gasteiger partial charge in [-0.25, -0.2) is 8.78 Å². The number of nitrogens with zero attached hydrogens (tertiary/aromatic N) is 1. The Hall–Kier alpha value is -0.180. The Labute approximate surface area is 80.1 Å². The number of rotatable bonds is 1. The predicted molar refractivity (Wildman–Crippen MR) is 52.2 cm³/mol. The molecular weight excluding hydrogens is 172 g/mol. The van der Waals surface area contributed by atoms with Gasteiger partial charge in [0.2, 0.25) is 0 Å². The molecule has 1 unspecified atom stereocenters. The lowest BCUT2D eigenvalue weighted by Gasteiger charge is -2.36. The molecule has 0 spiro atoms. The van der Waals surface area contributed by atoms with E-state index in [1.54, 1.807) is 11.8 Å². The average Bonchev–Trinajstić information content (AvgIpc) is 2.13. The summed E-state index contributed by atoms with van der Waals surface area (Å²) in [7, 11) is 0. The van der Waals surface area contributed by atoms with Crippen LogP contribution in [0.5, 0.6) is 0 Å². The molecule has 0 saturated carbocycles. The van der Waals surface area contributed by atoms with Crippen LogP contribution in [-0.4, -0.2) is 30.5 Å². The number of halogens is 2. The highest BCUT2D eigenvalue weighted by molar-refractivity contribution is 4.83. The summed E-state index contributed by atoms with van der Waals surface area (Å²) in [6.07, 6.45) is 0.626. The number of likely N-dealkylation sites (tertiary alicyclic amines) is 1. The van der Waals surface area contributed by atoms with E-state index >= 15 is 0 Å². The van der Waals surface area contributed by atoms with Crippen molar-refractivity contribution in [3.63, 3.8) is 0 Å². The van der Waals surface area contributed by atoms with Gasteiger partial charge in [-0.3, -0.25) is 4.90 Å². The number of alkyl halides is 2. The van der Waals surface area contributed by atoms with Crippen LogP contribution in [0, 0.1) is 5.92 Å². The van der Waals surface area contributed by atoms with Crippen LogP contribution in [0.3, 0.4) is 0 Å². The van der Waals surface area contributed by atoms with Gasteiger partial charge in [0, 0.05) is 5.92 Å². The molecule has 1 atom stereocenters. The fourth-order valence-corrected chi connectivity index (χ4v) is 1.39. The van der Waals surface area contributed by atoms with E-state index in [1.165, 1.54) is 0 Å². The van der Waals surface area contributed by atoms with Crippen molar-refractivity contribution in [2.24, 2.45) is 5.92 Å². The third-order valence-electron chi connectivity index (χ3n) is 2.48. The van der Waals surface area contributed by atoms with Gasteiger partial charge >= 0.3 is 0 Å². The van der Waals surface area contributed by atoms with E-state index < -0.39 is 11.8 Å². The highest BCUT2D eigenvalue weighted by Crippen LogP contribution is 2.31. The molecule has 1 nitrogen and oxygen atoms in total. The number of hydrogen-bond donors (Lipinski definition) is 0. The summed E-state index contributed by atoms with van der Waals surface area (Å²) in [6, 6.07) is 0. The van der Waals surface area contributed by atoms with Gasteiger partial charge < -0.3 is 0 Å². The second-order valence-corrected chi connectivity index (χ2v) is 3.32. The van der Waals surface area contributed by atoms with Crippen LogP contribution in [0.15, 0.2) is 0 Å². The molecule has 0 aliphatic carbocycles. The van der Waals surface area contributed by atoms with Crippen molar-refractivity contribution in [2.45, 2.75) is 40.0 Å². The van der Waals surface area contributed by atoms with Crippen molar-refractivity contribution in [3.05, 3.63) is 0 Å². The molecule has 1 aliphatic heterocycles. The minimum atomic E-state index is -2.46. The second-order valence-electron chi connectivity index (χ2n) is 3.32. The molecule has 1 fully saturated rings. The Morgan fingerprint density at radius 2 is 1.92 bits per heavy atom. The fourth-order valence-electron chi connectivity index (χ4n) is 1.39. The van der Waals surface area contributed by atoms with Crippen LogP contribution in [0.1, 0.15) is 34.1 Å². The van der Waals surface area contributed by atoms with Crippen LogP contribution >= 0.6 is 0 Å². The van der Waals surface area contributed by atoms with Crippen LogP contribution < -0.4 is 0 Å². The molecule has 0 aromatic carbocycles. The number of piperidine rings is 1. The zero-order valence-corrected chi connectivity index (χ0v) is 9.11. The van der Waals surface area contributed by atoms with Gasteiger partial charge in [0.05, 0.1) is 6.54 Å². The molecule has 13 heavy (non-hydrogen) atoms. The minimum Gasteiger partial charge on any atom is -0.298 e. The lowest BCUT2D eigenvalue weighted by molar-refractivity contribution is -0.103. The summed E-state index contributed by atoms with van der Waals surface area (Å²) in [4.78, 5) is 1.81. The first-order valence-electron chi connectivity index (χ1n) is 5.16. The molecule has 0 amide bonds. The quantitative estimate of drug-likeness (QED) is 0.618. The van der Waals surface area contributed by atoms with Gasteiger partial charge in [-0.05, 0) is 19.5 Å². The van der Waals surface area contributed by atoms with Gasteiger partial charge in [0.1, 0.15) is 0 Å². The Kier molecular flexibility index (Phi) is 5.45. The first-order chi connectivity index (χ1) is 6.06. The van der Waals surface area contributed by atoms with Gasteiger partial charge in [-0.15, -0.1) is 0 Å². The summed E-state index contributed by atoms with van der Waals surface area (Å²) >= 11 is 0. The van der Waals surface area contributed by atoms with E-state index in [0.717, 1.165) is 13.1 Å². The topological polar surface area (TPSA) is 3.24 Å². The first-order valence-corrected chi connectivity index (χ1v) is 5.16. The fraction of sp³-hybridized carbons (Fsp3) is 1.00. The summed E-state index contributed by atoms with van der Waals surface area (Å²) in [6.45, 7) is 9.07.